The smallest absolute Gasteiger partial charge is 0.287 e. The summed E-state index contributed by atoms with van der Waals surface area (Å²) in [6.07, 6.45) is 1.57. The summed E-state index contributed by atoms with van der Waals surface area (Å²) in [5, 5.41) is 2.68. The zero-order chi connectivity index (χ0) is 21.9. The molecule has 0 saturated carbocycles. The van der Waals surface area contributed by atoms with Gasteiger partial charge in [-0.1, -0.05) is 0 Å². The lowest BCUT2D eigenvalue weighted by atomic mass is 10.0. The zero-order valence-corrected chi connectivity index (χ0v) is 18.6. The molecular formula is C21H29N3O5S. The summed E-state index contributed by atoms with van der Waals surface area (Å²) in [6.45, 7) is 6.83. The number of benzene rings is 1. The lowest BCUT2D eigenvalue weighted by molar-refractivity contribution is 0.0897. The minimum Gasteiger partial charge on any atom is -0.497 e. The second kappa shape index (κ2) is 8.69. The van der Waals surface area contributed by atoms with Crippen molar-refractivity contribution in [3.63, 3.8) is 0 Å². The second-order valence-electron chi connectivity index (χ2n) is 8.41. The molecule has 0 bridgehead atoms. The van der Waals surface area contributed by atoms with E-state index in [4.69, 9.17) is 9.15 Å². The Kier molecular flexibility index (Phi) is 6.42. The quantitative estimate of drug-likeness (QED) is 0.724. The van der Waals surface area contributed by atoms with Gasteiger partial charge in [-0.25, -0.2) is 13.1 Å². The Morgan fingerprint density at radius 1 is 1.10 bits per heavy atom. The van der Waals surface area contributed by atoms with Gasteiger partial charge in [0.25, 0.3) is 15.9 Å². The van der Waals surface area contributed by atoms with Crippen molar-refractivity contribution in [3.05, 3.63) is 42.2 Å². The summed E-state index contributed by atoms with van der Waals surface area (Å²) < 4.78 is 37.7. The molecule has 1 amide bonds. The molecule has 1 aromatic heterocycles. The number of rotatable bonds is 6. The van der Waals surface area contributed by atoms with Crippen molar-refractivity contribution >= 4 is 21.6 Å². The highest BCUT2D eigenvalue weighted by atomic mass is 32.2. The van der Waals surface area contributed by atoms with Gasteiger partial charge in [-0.2, -0.15) is 0 Å². The van der Waals surface area contributed by atoms with E-state index in [0.29, 0.717) is 0 Å². The molecule has 3 rings (SSSR count). The Bertz CT molecular complexity index is 969. The van der Waals surface area contributed by atoms with Gasteiger partial charge >= 0.3 is 0 Å². The monoisotopic (exact) mass is 435 g/mol. The van der Waals surface area contributed by atoms with Gasteiger partial charge in [0.2, 0.25) is 5.09 Å². The predicted octanol–water partition coefficient (Wildman–Crippen LogP) is 2.76. The summed E-state index contributed by atoms with van der Waals surface area (Å²) in [7, 11) is -2.18. The minimum atomic E-state index is -3.82. The van der Waals surface area contributed by atoms with Gasteiger partial charge in [-0.15, -0.1) is 0 Å². The molecular weight excluding hydrogens is 406 g/mol. The normalized spacial score (nSPS) is 15.8. The first-order chi connectivity index (χ1) is 14.1. The number of hydrogen-bond acceptors (Lipinski definition) is 6. The molecule has 30 heavy (non-hydrogen) atoms. The van der Waals surface area contributed by atoms with Crippen molar-refractivity contribution in [1.29, 1.82) is 0 Å². The number of carbonyl (C=O) groups is 1. The van der Waals surface area contributed by atoms with Crippen LogP contribution in [0, 0.1) is 0 Å². The van der Waals surface area contributed by atoms with Crippen LogP contribution >= 0.6 is 0 Å². The van der Waals surface area contributed by atoms with Crippen LogP contribution in [0.4, 0.5) is 5.69 Å². The van der Waals surface area contributed by atoms with E-state index in [1.807, 2.05) is 24.3 Å². The predicted molar refractivity (Wildman–Crippen MR) is 114 cm³/mol. The van der Waals surface area contributed by atoms with Crippen molar-refractivity contribution < 1.29 is 22.4 Å². The van der Waals surface area contributed by atoms with Gasteiger partial charge in [-0.3, -0.25) is 4.79 Å². The molecule has 1 aromatic carbocycles. The fourth-order valence-electron chi connectivity index (χ4n) is 3.37. The number of furan rings is 1. The van der Waals surface area contributed by atoms with Crippen LogP contribution in [0.2, 0.25) is 0 Å². The number of hydrogen-bond donors (Lipinski definition) is 2. The molecule has 1 saturated heterocycles. The van der Waals surface area contributed by atoms with Crippen molar-refractivity contribution in [2.75, 3.05) is 25.1 Å². The van der Waals surface area contributed by atoms with E-state index in [1.54, 1.807) is 27.9 Å². The molecule has 2 heterocycles. The van der Waals surface area contributed by atoms with E-state index in [2.05, 4.69) is 14.9 Å². The Balaban J connectivity index is 1.55. The van der Waals surface area contributed by atoms with Crippen LogP contribution in [0.5, 0.6) is 5.75 Å². The molecule has 0 radical (unpaired) electrons. The van der Waals surface area contributed by atoms with Gasteiger partial charge < -0.3 is 19.4 Å². The van der Waals surface area contributed by atoms with Crippen LogP contribution in [0.15, 0.2) is 45.9 Å². The fraction of sp³-hybridized carbons (Fsp3) is 0.476. The van der Waals surface area contributed by atoms with Gasteiger partial charge in [0.1, 0.15) is 5.75 Å². The molecule has 1 aliphatic rings. The molecule has 164 valence electrons. The maximum Gasteiger partial charge on any atom is 0.287 e. The van der Waals surface area contributed by atoms with E-state index < -0.39 is 21.5 Å². The Morgan fingerprint density at radius 2 is 1.73 bits per heavy atom. The van der Waals surface area contributed by atoms with Crippen LogP contribution in [-0.4, -0.2) is 46.1 Å². The lowest BCUT2D eigenvalue weighted by Crippen LogP contribution is -2.44. The summed E-state index contributed by atoms with van der Waals surface area (Å²) in [5.74, 6) is 0.399. The minimum absolute atomic E-state index is 0.00450. The molecule has 1 fully saturated rings. The molecule has 2 N–H and O–H groups in total. The average molecular weight is 436 g/mol. The summed E-state index contributed by atoms with van der Waals surface area (Å²) in [6, 6.07) is 10.6. The molecule has 0 aliphatic carbocycles. The second-order valence-corrected chi connectivity index (χ2v) is 10.0. The third-order valence-corrected chi connectivity index (χ3v) is 6.41. The number of ether oxygens (including phenoxy) is 1. The Hall–Kier alpha value is -2.52. The fourth-order valence-corrected chi connectivity index (χ4v) is 4.73. The molecule has 1 aliphatic heterocycles. The van der Waals surface area contributed by atoms with Gasteiger partial charge in [-0.05, 0) is 70.0 Å². The van der Waals surface area contributed by atoms with Gasteiger partial charge in [0, 0.05) is 30.4 Å². The standard InChI is InChI=1S/C21H29N3O5S/c1-21(2,3)23-30(26,27)19-10-9-18(29-19)20(25)22-15-11-13-24(14-12-15)16-5-7-17(28-4)8-6-16/h5-10,15,23H,11-14H2,1-4H3,(H,22,25). The molecule has 9 heteroatoms. The molecule has 0 atom stereocenters. The first kappa shape index (κ1) is 22.2. The number of nitrogens with one attached hydrogen (secondary N) is 2. The molecule has 0 unspecified atom stereocenters. The highest BCUT2D eigenvalue weighted by Crippen LogP contribution is 2.23. The van der Waals surface area contributed by atoms with Crippen LogP contribution in [0.3, 0.4) is 0 Å². The number of piperidine rings is 1. The molecule has 8 nitrogen and oxygen atoms in total. The largest absolute Gasteiger partial charge is 0.497 e. The van der Waals surface area contributed by atoms with Crippen LogP contribution in [0.25, 0.3) is 0 Å². The van der Waals surface area contributed by atoms with E-state index in [0.717, 1.165) is 37.4 Å². The van der Waals surface area contributed by atoms with Crippen molar-refractivity contribution in [1.82, 2.24) is 10.0 Å². The maximum absolute atomic E-state index is 12.5. The summed E-state index contributed by atoms with van der Waals surface area (Å²) in [5.41, 5.74) is 0.471. The Morgan fingerprint density at radius 3 is 2.30 bits per heavy atom. The van der Waals surface area contributed by atoms with Gasteiger partial charge in [0.15, 0.2) is 5.76 Å². The third kappa shape index (κ3) is 5.54. The van der Waals surface area contributed by atoms with Crippen LogP contribution < -0.4 is 19.7 Å². The zero-order valence-electron chi connectivity index (χ0n) is 17.8. The first-order valence-corrected chi connectivity index (χ1v) is 11.4. The first-order valence-electron chi connectivity index (χ1n) is 9.91. The van der Waals surface area contributed by atoms with Crippen molar-refractivity contribution in [3.8, 4) is 5.75 Å². The SMILES string of the molecule is COc1ccc(N2CCC(NC(=O)c3ccc(S(=O)(=O)NC(C)(C)C)o3)CC2)cc1. The molecule has 2 aromatic rings. The van der Waals surface area contributed by atoms with E-state index in [-0.39, 0.29) is 16.9 Å². The Labute approximate surface area is 177 Å². The highest BCUT2D eigenvalue weighted by molar-refractivity contribution is 7.89. The highest BCUT2D eigenvalue weighted by Gasteiger charge is 2.27. The van der Waals surface area contributed by atoms with E-state index in [9.17, 15) is 13.2 Å². The summed E-state index contributed by atoms with van der Waals surface area (Å²) in [4.78, 5) is 14.8. The number of anilines is 1. The number of amides is 1. The lowest BCUT2D eigenvalue weighted by Gasteiger charge is -2.33. The molecule has 0 spiro atoms. The number of sulfonamides is 1. The number of methoxy groups -OCH3 is 1. The van der Waals surface area contributed by atoms with Gasteiger partial charge in [0.05, 0.1) is 7.11 Å². The van der Waals surface area contributed by atoms with E-state index >= 15 is 0 Å². The van der Waals surface area contributed by atoms with Crippen molar-refractivity contribution in [2.45, 2.75) is 50.3 Å². The van der Waals surface area contributed by atoms with Crippen molar-refractivity contribution in [2.24, 2.45) is 0 Å². The van der Waals surface area contributed by atoms with Crippen LogP contribution in [-0.2, 0) is 10.0 Å². The average Bonchev–Trinajstić information content (AvgIpc) is 3.18. The topological polar surface area (TPSA) is 101 Å². The third-order valence-electron chi connectivity index (χ3n) is 4.78. The number of nitrogens with zero attached hydrogens (tertiary/aromatic N) is 1. The summed E-state index contributed by atoms with van der Waals surface area (Å²) >= 11 is 0. The number of carbonyl (C=O) groups excluding carboxylic acids is 1. The van der Waals surface area contributed by atoms with Crippen LogP contribution in [0.1, 0.15) is 44.2 Å². The van der Waals surface area contributed by atoms with E-state index in [1.165, 1.54) is 12.1 Å². The maximum atomic E-state index is 12.5.